The summed E-state index contributed by atoms with van der Waals surface area (Å²) in [6, 6.07) is 4.92. The van der Waals surface area contributed by atoms with Gasteiger partial charge in [0.2, 0.25) is 0 Å². The topological polar surface area (TPSA) is 40.5 Å². The molecule has 17 heavy (non-hydrogen) atoms. The first-order valence-corrected chi connectivity index (χ1v) is 6.78. The standard InChI is InChI=1S/C12H13BrClNO2/c13-9-1-2-10(11(16)5-9)12(17)15-4-3-8(6-14)7-15/h1-2,5,8,16H,3-4,6-7H2. The van der Waals surface area contributed by atoms with Gasteiger partial charge in [-0.1, -0.05) is 15.9 Å². The molecule has 1 N–H and O–H groups in total. The van der Waals surface area contributed by atoms with Crippen molar-refractivity contribution in [3.8, 4) is 5.75 Å². The molecule has 3 nitrogen and oxygen atoms in total. The van der Waals surface area contributed by atoms with Crippen molar-refractivity contribution in [2.45, 2.75) is 6.42 Å². The highest BCUT2D eigenvalue weighted by molar-refractivity contribution is 9.10. The van der Waals surface area contributed by atoms with Gasteiger partial charge in [0, 0.05) is 23.4 Å². The molecule has 1 aliphatic heterocycles. The highest BCUT2D eigenvalue weighted by atomic mass is 79.9. The Kier molecular flexibility index (Phi) is 3.94. The van der Waals surface area contributed by atoms with Crippen LogP contribution in [0.1, 0.15) is 16.8 Å². The SMILES string of the molecule is O=C(c1ccc(Br)cc1O)N1CCC(CCl)C1. The number of hydrogen-bond acceptors (Lipinski definition) is 2. The Morgan fingerprint density at radius 1 is 1.59 bits per heavy atom. The minimum absolute atomic E-state index is 0.0127. The van der Waals surface area contributed by atoms with Crippen LogP contribution in [-0.4, -0.2) is 34.9 Å². The molecule has 1 heterocycles. The Hall–Kier alpha value is -0.740. The van der Waals surface area contributed by atoms with Crippen molar-refractivity contribution < 1.29 is 9.90 Å². The minimum atomic E-state index is -0.123. The second-order valence-electron chi connectivity index (χ2n) is 4.22. The van der Waals surface area contributed by atoms with Gasteiger partial charge in [-0.05, 0) is 30.5 Å². The third kappa shape index (κ3) is 2.75. The maximum absolute atomic E-state index is 12.1. The number of phenols is 1. The molecule has 1 atom stereocenters. The van der Waals surface area contributed by atoms with Gasteiger partial charge in [0.25, 0.3) is 5.91 Å². The number of likely N-dealkylation sites (tertiary alicyclic amines) is 1. The van der Waals surface area contributed by atoms with Crippen molar-refractivity contribution in [1.82, 2.24) is 4.90 Å². The third-order valence-corrected chi connectivity index (χ3v) is 3.91. The summed E-state index contributed by atoms with van der Waals surface area (Å²) in [5.41, 5.74) is 0.350. The second-order valence-corrected chi connectivity index (χ2v) is 5.45. The Morgan fingerprint density at radius 2 is 2.35 bits per heavy atom. The smallest absolute Gasteiger partial charge is 0.257 e. The van der Waals surface area contributed by atoms with Gasteiger partial charge in [0.15, 0.2) is 0 Å². The number of alkyl halides is 1. The molecule has 5 heteroatoms. The van der Waals surface area contributed by atoms with Crippen molar-refractivity contribution in [3.05, 3.63) is 28.2 Å². The summed E-state index contributed by atoms with van der Waals surface area (Å²) in [4.78, 5) is 13.9. The summed E-state index contributed by atoms with van der Waals surface area (Å²) in [7, 11) is 0. The number of carbonyl (C=O) groups is 1. The van der Waals surface area contributed by atoms with Crippen LogP contribution in [0.4, 0.5) is 0 Å². The lowest BCUT2D eigenvalue weighted by molar-refractivity contribution is 0.0785. The van der Waals surface area contributed by atoms with Gasteiger partial charge in [-0.2, -0.15) is 0 Å². The number of nitrogens with zero attached hydrogens (tertiary/aromatic N) is 1. The lowest BCUT2D eigenvalue weighted by Crippen LogP contribution is -2.28. The first-order valence-electron chi connectivity index (χ1n) is 5.45. The molecule has 1 aliphatic rings. The van der Waals surface area contributed by atoms with E-state index in [1.807, 2.05) is 0 Å². The summed E-state index contributed by atoms with van der Waals surface area (Å²) >= 11 is 9.03. The first-order chi connectivity index (χ1) is 8.11. The molecule has 1 fully saturated rings. The molecular weight excluding hydrogens is 305 g/mol. The van der Waals surface area contributed by atoms with Crippen LogP contribution in [0.2, 0.25) is 0 Å². The molecule has 1 amide bonds. The van der Waals surface area contributed by atoms with Crippen LogP contribution in [0.3, 0.4) is 0 Å². The lowest BCUT2D eigenvalue weighted by Gasteiger charge is -2.16. The normalized spacial score (nSPS) is 19.6. The number of benzene rings is 1. The van der Waals surface area contributed by atoms with E-state index in [1.54, 1.807) is 17.0 Å². The molecular formula is C12H13BrClNO2. The van der Waals surface area contributed by atoms with Gasteiger partial charge in [0.1, 0.15) is 5.75 Å². The van der Waals surface area contributed by atoms with Crippen LogP contribution in [0, 0.1) is 5.92 Å². The number of carbonyl (C=O) groups excluding carboxylic acids is 1. The van der Waals surface area contributed by atoms with Crippen LogP contribution >= 0.6 is 27.5 Å². The van der Waals surface area contributed by atoms with E-state index in [2.05, 4.69) is 15.9 Å². The zero-order chi connectivity index (χ0) is 12.4. The Morgan fingerprint density at radius 3 is 2.94 bits per heavy atom. The molecule has 0 aromatic heterocycles. The van der Waals surface area contributed by atoms with Gasteiger partial charge < -0.3 is 10.0 Å². The highest BCUT2D eigenvalue weighted by Crippen LogP contribution is 2.26. The zero-order valence-electron chi connectivity index (χ0n) is 9.20. The van der Waals surface area contributed by atoms with E-state index in [9.17, 15) is 9.90 Å². The molecule has 1 aromatic rings. The van der Waals surface area contributed by atoms with Crippen LogP contribution in [0.15, 0.2) is 22.7 Å². The van der Waals surface area contributed by atoms with Crippen LogP contribution in [0.25, 0.3) is 0 Å². The average molecular weight is 319 g/mol. The van der Waals surface area contributed by atoms with E-state index in [4.69, 9.17) is 11.6 Å². The Labute approximate surface area is 114 Å². The fraction of sp³-hybridized carbons (Fsp3) is 0.417. The number of aromatic hydroxyl groups is 1. The first kappa shape index (κ1) is 12.7. The van der Waals surface area contributed by atoms with E-state index in [-0.39, 0.29) is 11.7 Å². The van der Waals surface area contributed by atoms with Crippen molar-refractivity contribution >= 4 is 33.4 Å². The van der Waals surface area contributed by atoms with E-state index in [1.165, 1.54) is 6.07 Å². The fourth-order valence-corrected chi connectivity index (χ4v) is 2.60. The molecule has 1 saturated heterocycles. The summed E-state index contributed by atoms with van der Waals surface area (Å²) in [5.74, 6) is 0.843. The molecule has 0 spiro atoms. The summed E-state index contributed by atoms with van der Waals surface area (Å²) in [6.07, 6.45) is 0.937. The largest absolute Gasteiger partial charge is 0.507 e. The second kappa shape index (κ2) is 5.27. The monoisotopic (exact) mass is 317 g/mol. The van der Waals surface area contributed by atoms with Gasteiger partial charge in [-0.15, -0.1) is 11.6 Å². The van der Waals surface area contributed by atoms with Crippen molar-refractivity contribution in [1.29, 1.82) is 0 Å². The zero-order valence-corrected chi connectivity index (χ0v) is 11.5. The van der Waals surface area contributed by atoms with Gasteiger partial charge in [0.05, 0.1) is 5.56 Å². The van der Waals surface area contributed by atoms with Crippen LogP contribution < -0.4 is 0 Å². The van der Waals surface area contributed by atoms with E-state index >= 15 is 0 Å². The van der Waals surface area contributed by atoms with E-state index in [0.29, 0.717) is 30.5 Å². The van der Waals surface area contributed by atoms with E-state index < -0.39 is 0 Å². The number of hydrogen-bond donors (Lipinski definition) is 1. The lowest BCUT2D eigenvalue weighted by atomic mass is 10.1. The number of phenolic OH excluding ortho intramolecular Hbond substituents is 1. The van der Waals surface area contributed by atoms with Crippen molar-refractivity contribution in [3.63, 3.8) is 0 Å². The fourth-order valence-electron chi connectivity index (χ4n) is 2.00. The summed E-state index contributed by atoms with van der Waals surface area (Å²) < 4.78 is 0.756. The molecule has 92 valence electrons. The van der Waals surface area contributed by atoms with Crippen LogP contribution in [-0.2, 0) is 0 Å². The number of rotatable bonds is 2. The number of amides is 1. The molecule has 0 radical (unpaired) electrons. The van der Waals surface area contributed by atoms with Gasteiger partial charge in [-0.25, -0.2) is 0 Å². The van der Waals surface area contributed by atoms with Gasteiger partial charge in [-0.3, -0.25) is 4.79 Å². The Bertz CT molecular complexity index is 439. The summed E-state index contributed by atoms with van der Waals surface area (Å²) in [6.45, 7) is 1.39. The molecule has 0 aliphatic carbocycles. The third-order valence-electron chi connectivity index (χ3n) is 2.98. The van der Waals surface area contributed by atoms with Crippen LogP contribution in [0.5, 0.6) is 5.75 Å². The molecule has 0 saturated carbocycles. The predicted octanol–water partition coefficient (Wildman–Crippen LogP) is 2.86. The maximum atomic E-state index is 12.1. The average Bonchev–Trinajstić information content (AvgIpc) is 2.76. The summed E-state index contributed by atoms with van der Waals surface area (Å²) in [5, 5.41) is 9.74. The van der Waals surface area contributed by atoms with Crippen molar-refractivity contribution in [2.75, 3.05) is 19.0 Å². The predicted molar refractivity (Wildman–Crippen MR) is 70.5 cm³/mol. The Balaban J connectivity index is 2.15. The molecule has 2 rings (SSSR count). The minimum Gasteiger partial charge on any atom is -0.507 e. The van der Waals surface area contributed by atoms with Gasteiger partial charge >= 0.3 is 0 Å². The molecule has 0 bridgehead atoms. The quantitative estimate of drug-likeness (QED) is 0.852. The molecule has 1 unspecified atom stereocenters. The number of halogens is 2. The highest BCUT2D eigenvalue weighted by Gasteiger charge is 2.27. The van der Waals surface area contributed by atoms with E-state index in [0.717, 1.165) is 10.9 Å². The van der Waals surface area contributed by atoms with Crippen molar-refractivity contribution in [2.24, 2.45) is 5.92 Å². The molecule has 1 aromatic carbocycles. The maximum Gasteiger partial charge on any atom is 0.257 e.